The number of nitrogens with one attached hydrogen (secondary N) is 1. The topological polar surface area (TPSA) is 47.0 Å². The molecule has 0 saturated carbocycles. The Bertz CT molecular complexity index is 302. The smallest absolute Gasteiger partial charge is 0.156 e. The maximum atomic E-state index is 5.03. The number of hydrogen-bond donors (Lipinski definition) is 1. The van der Waals surface area contributed by atoms with Crippen molar-refractivity contribution in [1.82, 2.24) is 9.97 Å². The first-order valence-electron chi connectivity index (χ1n) is 5.33. The fourth-order valence-electron chi connectivity index (χ4n) is 1.36. The van der Waals surface area contributed by atoms with E-state index < -0.39 is 0 Å². The summed E-state index contributed by atoms with van der Waals surface area (Å²) >= 11 is 0. The molecule has 15 heavy (non-hydrogen) atoms. The zero-order valence-corrected chi connectivity index (χ0v) is 9.71. The second kappa shape index (κ2) is 6.35. The average Bonchev–Trinajstić information content (AvgIpc) is 2.26. The second-order valence-electron chi connectivity index (χ2n) is 3.45. The average molecular weight is 209 g/mol. The third kappa shape index (κ3) is 3.83. The van der Waals surface area contributed by atoms with E-state index in [0.717, 1.165) is 30.2 Å². The van der Waals surface area contributed by atoms with Crippen molar-refractivity contribution in [2.24, 2.45) is 0 Å². The number of unbranched alkanes of at least 4 members (excludes halogenated alkanes) is 1. The van der Waals surface area contributed by atoms with E-state index in [4.69, 9.17) is 4.74 Å². The molecule has 0 radical (unpaired) electrons. The number of aryl methyl sites for hydroxylation is 1. The molecule has 0 saturated heterocycles. The minimum absolute atomic E-state index is 0.467. The van der Waals surface area contributed by atoms with E-state index in [2.05, 4.69) is 22.2 Å². The minimum Gasteiger partial charge on any atom is -0.377 e. The van der Waals surface area contributed by atoms with Gasteiger partial charge in [0, 0.05) is 25.9 Å². The molecule has 0 aliphatic heterocycles. The first-order chi connectivity index (χ1) is 7.30. The van der Waals surface area contributed by atoms with Gasteiger partial charge in [0.2, 0.25) is 0 Å². The number of anilines is 1. The predicted molar refractivity (Wildman–Crippen MR) is 60.9 cm³/mol. The summed E-state index contributed by atoms with van der Waals surface area (Å²) in [6.45, 7) is 2.64. The van der Waals surface area contributed by atoms with Crippen LogP contribution in [0.1, 0.15) is 31.3 Å². The van der Waals surface area contributed by atoms with Gasteiger partial charge < -0.3 is 10.1 Å². The lowest BCUT2D eigenvalue weighted by Crippen LogP contribution is -2.04. The molecule has 0 bridgehead atoms. The van der Waals surface area contributed by atoms with Crippen LogP contribution < -0.4 is 5.32 Å². The summed E-state index contributed by atoms with van der Waals surface area (Å²) in [6.07, 6.45) is 3.34. The Kier molecular flexibility index (Phi) is 5.04. The summed E-state index contributed by atoms with van der Waals surface area (Å²) in [6, 6.07) is 1.99. The summed E-state index contributed by atoms with van der Waals surface area (Å²) in [5.74, 6) is 1.61. The number of aromatic nitrogens is 2. The molecule has 0 spiro atoms. The molecule has 0 amide bonds. The summed E-state index contributed by atoms with van der Waals surface area (Å²) in [5, 5.41) is 3.04. The third-order valence-corrected chi connectivity index (χ3v) is 2.14. The Morgan fingerprint density at radius 2 is 2.20 bits per heavy atom. The molecule has 0 fully saturated rings. The van der Waals surface area contributed by atoms with Crippen LogP contribution in [0.4, 0.5) is 5.82 Å². The summed E-state index contributed by atoms with van der Waals surface area (Å²) in [7, 11) is 3.52. The molecule has 1 heterocycles. The zero-order valence-electron chi connectivity index (χ0n) is 9.71. The molecule has 4 nitrogen and oxygen atoms in total. The van der Waals surface area contributed by atoms with Gasteiger partial charge in [0.25, 0.3) is 0 Å². The zero-order chi connectivity index (χ0) is 11.1. The molecule has 1 rings (SSSR count). The van der Waals surface area contributed by atoms with E-state index >= 15 is 0 Å². The van der Waals surface area contributed by atoms with Crippen LogP contribution in [0.3, 0.4) is 0 Å². The van der Waals surface area contributed by atoms with E-state index in [1.807, 2.05) is 13.1 Å². The summed E-state index contributed by atoms with van der Waals surface area (Å²) in [5.41, 5.74) is 1.09. The first kappa shape index (κ1) is 11.9. The van der Waals surface area contributed by atoms with Crippen LogP contribution in [0.5, 0.6) is 0 Å². The largest absolute Gasteiger partial charge is 0.377 e. The van der Waals surface area contributed by atoms with Gasteiger partial charge in [-0.15, -0.1) is 0 Å². The highest BCUT2D eigenvalue weighted by molar-refractivity contribution is 5.35. The van der Waals surface area contributed by atoms with Gasteiger partial charge in [-0.25, -0.2) is 9.97 Å². The first-order valence-corrected chi connectivity index (χ1v) is 5.33. The molecule has 4 heteroatoms. The fourth-order valence-corrected chi connectivity index (χ4v) is 1.36. The Labute approximate surface area is 91.1 Å². The maximum absolute atomic E-state index is 5.03. The van der Waals surface area contributed by atoms with Crippen molar-refractivity contribution in [2.45, 2.75) is 32.8 Å². The highest BCUT2D eigenvalue weighted by Gasteiger charge is 2.03. The van der Waals surface area contributed by atoms with Gasteiger partial charge in [-0.05, 0) is 12.8 Å². The second-order valence-corrected chi connectivity index (χ2v) is 3.45. The lowest BCUT2D eigenvalue weighted by Gasteiger charge is -2.06. The number of ether oxygens (including phenoxy) is 1. The van der Waals surface area contributed by atoms with Crippen molar-refractivity contribution in [1.29, 1.82) is 0 Å². The van der Waals surface area contributed by atoms with Gasteiger partial charge in [0.15, 0.2) is 5.82 Å². The van der Waals surface area contributed by atoms with Crippen molar-refractivity contribution >= 4 is 5.82 Å². The van der Waals surface area contributed by atoms with Gasteiger partial charge >= 0.3 is 0 Å². The molecule has 0 aliphatic rings. The van der Waals surface area contributed by atoms with Crippen molar-refractivity contribution in [3.63, 3.8) is 0 Å². The number of methoxy groups -OCH3 is 1. The van der Waals surface area contributed by atoms with Gasteiger partial charge in [0.05, 0.1) is 0 Å². The van der Waals surface area contributed by atoms with E-state index in [-0.39, 0.29) is 0 Å². The molecule has 1 aromatic rings. The van der Waals surface area contributed by atoms with Crippen molar-refractivity contribution in [3.05, 3.63) is 17.6 Å². The number of hydrogen-bond acceptors (Lipinski definition) is 4. The molecule has 84 valence electrons. The standard InChI is InChI=1S/C11H19N3O/c1-4-5-6-9-7-10(12-2)14-11(13-9)8-15-3/h7H,4-6,8H2,1-3H3,(H,12,13,14). The Morgan fingerprint density at radius 1 is 1.40 bits per heavy atom. The van der Waals surface area contributed by atoms with E-state index in [1.54, 1.807) is 7.11 Å². The van der Waals surface area contributed by atoms with Crippen molar-refractivity contribution in [3.8, 4) is 0 Å². The van der Waals surface area contributed by atoms with Crippen LogP contribution >= 0.6 is 0 Å². The molecule has 1 aromatic heterocycles. The van der Waals surface area contributed by atoms with Gasteiger partial charge in [-0.1, -0.05) is 13.3 Å². The van der Waals surface area contributed by atoms with Gasteiger partial charge in [-0.3, -0.25) is 0 Å². The number of nitrogens with zero attached hydrogens (tertiary/aromatic N) is 2. The van der Waals surface area contributed by atoms with E-state index in [1.165, 1.54) is 6.42 Å². The molecular formula is C11H19N3O. The Hall–Kier alpha value is -1.16. The van der Waals surface area contributed by atoms with E-state index in [0.29, 0.717) is 6.61 Å². The summed E-state index contributed by atoms with van der Waals surface area (Å²) < 4.78 is 5.03. The quantitative estimate of drug-likeness (QED) is 0.778. The van der Waals surface area contributed by atoms with Gasteiger partial charge in [-0.2, -0.15) is 0 Å². The molecule has 0 atom stereocenters. The monoisotopic (exact) mass is 209 g/mol. The van der Waals surface area contributed by atoms with Gasteiger partial charge in [0.1, 0.15) is 12.4 Å². The maximum Gasteiger partial charge on any atom is 0.156 e. The Morgan fingerprint density at radius 3 is 2.80 bits per heavy atom. The van der Waals surface area contributed by atoms with Crippen LogP contribution in [0, 0.1) is 0 Å². The summed E-state index contributed by atoms with van der Waals surface area (Å²) in [4.78, 5) is 8.73. The predicted octanol–water partition coefficient (Wildman–Crippen LogP) is 2.01. The van der Waals surface area contributed by atoms with Crippen LogP contribution in [0.15, 0.2) is 6.07 Å². The van der Waals surface area contributed by atoms with Crippen molar-refractivity contribution < 1.29 is 4.74 Å². The molecule has 0 aliphatic carbocycles. The minimum atomic E-state index is 0.467. The number of rotatable bonds is 6. The SMILES string of the molecule is CCCCc1cc(NC)nc(COC)n1. The van der Waals surface area contributed by atoms with E-state index in [9.17, 15) is 0 Å². The highest BCUT2D eigenvalue weighted by Crippen LogP contribution is 2.09. The van der Waals surface area contributed by atoms with Crippen molar-refractivity contribution in [2.75, 3.05) is 19.5 Å². The molecule has 0 aromatic carbocycles. The normalized spacial score (nSPS) is 10.3. The van der Waals surface area contributed by atoms with Crippen LogP contribution in [-0.2, 0) is 17.8 Å². The lowest BCUT2D eigenvalue weighted by molar-refractivity contribution is 0.177. The molecule has 1 N–H and O–H groups in total. The van der Waals surface area contributed by atoms with Crippen LogP contribution in [0.25, 0.3) is 0 Å². The van der Waals surface area contributed by atoms with Crippen LogP contribution in [0.2, 0.25) is 0 Å². The highest BCUT2D eigenvalue weighted by atomic mass is 16.5. The lowest BCUT2D eigenvalue weighted by atomic mass is 10.2. The van der Waals surface area contributed by atoms with Crippen LogP contribution in [-0.4, -0.2) is 24.1 Å². The molecule has 0 unspecified atom stereocenters. The third-order valence-electron chi connectivity index (χ3n) is 2.14. The fraction of sp³-hybridized carbons (Fsp3) is 0.636. The molecular weight excluding hydrogens is 190 g/mol. The Balaban J connectivity index is 2.79.